The first kappa shape index (κ1) is 22.2. The molecule has 5 nitrogen and oxygen atoms in total. The highest BCUT2D eigenvalue weighted by molar-refractivity contribution is 6.35. The molecule has 2 aromatic rings. The van der Waals surface area contributed by atoms with E-state index in [4.69, 9.17) is 16.6 Å². The van der Waals surface area contributed by atoms with Crippen LogP contribution in [0.5, 0.6) is 0 Å². The van der Waals surface area contributed by atoms with Crippen molar-refractivity contribution < 1.29 is 10.2 Å². The Morgan fingerprint density at radius 3 is 2.57 bits per heavy atom. The number of amidine groups is 1. The van der Waals surface area contributed by atoms with Crippen molar-refractivity contribution in [3.05, 3.63) is 82.2 Å². The molecule has 1 unspecified atom stereocenters. The lowest BCUT2D eigenvalue weighted by Gasteiger charge is -2.17. The molecular weight excluding hydrogens is 398 g/mol. The normalized spacial score (nSPS) is 17.6. The minimum absolute atomic E-state index is 0.0453. The molecule has 0 spiro atoms. The van der Waals surface area contributed by atoms with E-state index in [1.165, 1.54) is 0 Å². The fourth-order valence-electron chi connectivity index (χ4n) is 3.40. The molecule has 0 aromatic heterocycles. The molecule has 0 saturated carbocycles. The maximum Gasteiger partial charge on any atom is 0.209 e. The van der Waals surface area contributed by atoms with Gasteiger partial charge in [-0.1, -0.05) is 68.3 Å². The number of rotatable bonds is 8. The van der Waals surface area contributed by atoms with Crippen molar-refractivity contribution >= 4 is 23.1 Å². The lowest BCUT2D eigenvalue weighted by atomic mass is 9.92. The minimum Gasteiger partial charge on any atom is -0.493 e. The molecule has 0 saturated heterocycles. The first-order chi connectivity index (χ1) is 14.5. The van der Waals surface area contributed by atoms with Gasteiger partial charge in [0.05, 0.1) is 5.71 Å². The van der Waals surface area contributed by atoms with E-state index in [1.807, 2.05) is 62.4 Å². The monoisotopic (exact) mass is 425 g/mol. The van der Waals surface area contributed by atoms with Gasteiger partial charge in [0.25, 0.3) is 0 Å². The van der Waals surface area contributed by atoms with E-state index < -0.39 is 6.23 Å². The molecule has 1 aliphatic rings. The van der Waals surface area contributed by atoms with E-state index in [2.05, 4.69) is 10.3 Å². The molecule has 0 bridgehead atoms. The van der Waals surface area contributed by atoms with Crippen molar-refractivity contribution in [2.24, 2.45) is 15.9 Å². The van der Waals surface area contributed by atoms with Crippen LogP contribution in [0.2, 0.25) is 5.02 Å². The summed E-state index contributed by atoms with van der Waals surface area (Å²) in [6, 6.07) is 15.4. The average Bonchev–Trinajstić information content (AvgIpc) is 2.92. The molecule has 6 heteroatoms. The summed E-state index contributed by atoms with van der Waals surface area (Å²) in [4.78, 5) is 9.16. The number of aliphatic hydroxyl groups is 2. The van der Waals surface area contributed by atoms with Gasteiger partial charge in [-0.05, 0) is 36.6 Å². The van der Waals surface area contributed by atoms with Crippen molar-refractivity contribution in [1.29, 1.82) is 0 Å². The van der Waals surface area contributed by atoms with Crippen LogP contribution in [-0.4, -0.2) is 28.0 Å². The Kier molecular flexibility index (Phi) is 7.80. The van der Waals surface area contributed by atoms with Gasteiger partial charge in [-0.3, -0.25) is 5.32 Å². The Labute approximate surface area is 182 Å². The van der Waals surface area contributed by atoms with Gasteiger partial charge in [0, 0.05) is 28.6 Å². The van der Waals surface area contributed by atoms with Gasteiger partial charge in [0.2, 0.25) is 5.88 Å². The summed E-state index contributed by atoms with van der Waals surface area (Å²) < 4.78 is 0. The highest BCUT2D eigenvalue weighted by atomic mass is 35.5. The third-order valence-electron chi connectivity index (χ3n) is 5.03. The molecule has 1 heterocycles. The third kappa shape index (κ3) is 5.57. The second kappa shape index (κ2) is 10.5. The molecule has 3 rings (SSSR count). The summed E-state index contributed by atoms with van der Waals surface area (Å²) in [5.74, 6) is 0.283. The van der Waals surface area contributed by atoms with Crippen LogP contribution in [0.1, 0.15) is 49.8 Å². The maximum absolute atomic E-state index is 10.3. The minimum atomic E-state index is -0.538. The zero-order valence-electron chi connectivity index (χ0n) is 17.3. The zero-order valence-corrected chi connectivity index (χ0v) is 18.1. The predicted octanol–water partition coefficient (Wildman–Crippen LogP) is 5.22. The topological polar surface area (TPSA) is 77.2 Å². The van der Waals surface area contributed by atoms with Crippen LogP contribution in [0, 0.1) is 5.92 Å². The quantitative estimate of drug-likeness (QED) is 0.507. The van der Waals surface area contributed by atoms with Gasteiger partial charge in [0.1, 0.15) is 6.23 Å². The molecular formula is C24H28ClN3O2. The van der Waals surface area contributed by atoms with Crippen molar-refractivity contribution in [2.45, 2.75) is 45.9 Å². The molecule has 0 fully saturated rings. The molecule has 2 aromatic carbocycles. The van der Waals surface area contributed by atoms with Crippen molar-refractivity contribution in [3.8, 4) is 0 Å². The summed E-state index contributed by atoms with van der Waals surface area (Å²) in [6.45, 7) is 4.60. The largest absolute Gasteiger partial charge is 0.493 e. The van der Waals surface area contributed by atoms with Crippen LogP contribution >= 0.6 is 11.6 Å². The van der Waals surface area contributed by atoms with E-state index in [0.29, 0.717) is 23.8 Å². The smallest absolute Gasteiger partial charge is 0.209 e. The third-order valence-corrected chi connectivity index (χ3v) is 5.36. The Bertz CT molecular complexity index is 954. The highest BCUT2D eigenvalue weighted by Crippen LogP contribution is 2.27. The molecule has 0 amide bonds. The van der Waals surface area contributed by atoms with Gasteiger partial charge in [-0.2, -0.15) is 4.99 Å². The van der Waals surface area contributed by atoms with E-state index in [1.54, 1.807) is 6.08 Å². The van der Waals surface area contributed by atoms with Crippen LogP contribution in [0.25, 0.3) is 0 Å². The lowest BCUT2D eigenvalue weighted by Crippen LogP contribution is -2.28. The number of benzene rings is 2. The molecule has 3 N–H and O–H groups in total. The van der Waals surface area contributed by atoms with Crippen LogP contribution in [0.15, 0.2) is 70.5 Å². The number of aliphatic hydroxyl groups excluding tert-OH is 2. The molecule has 2 atom stereocenters. The highest BCUT2D eigenvalue weighted by Gasteiger charge is 2.22. The maximum atomic E-state index is 10.3. The summed E-state index contributed by atoms with van der Waals surface area (Å²) in [5, 5.41) is 24.0. The van der Waals surface area contributed by atoms with Gasteiger partial charge in [-0.15, -0.1) is 0 Å². The molecule has 0 aliphatic carbocycles. The first-order valence-corrected chi connectivity index (χ1v) is 10.7. The van der Waals surface area contributed by atoms with Gasteiger partial charge >= 0.3 is 0 Å². The van der Waals surface area contributed by atoms with Crippen LogP contribution < -0.4 is 5.32 Å². The van der Waals surface area contributed by atoms with Crippen LogP contribution in [0.4, 0.5) is 0 Å². The average molecular weight is 426 g/mol. The number of allylic oxidation sites excluding steroid dienone is 1. The second-order valence-electron chi connectivity index (χ2n) is 7.34. The van der Waals surface area contributed by atoms with Crippen molar-refractivity contribution in [3.63, 3.8) is 0 Å². The van der Waals surface area contributed by atoms with Gasteiger partial charge in [0.15, 0.2) is 5.84 Å². The Hall–Kier alpha value is -2.47. The number of nitrogens with one attached hydrogen (secondary N) is 1. The molecule has 0 radical (unpaired) electrons. The van der Waals surface area contributed by atoms with Crippen LogP contribution in [-0.2, 0) is 6.54 Å². The fraction of sp³-hybridized carbons (Fsp3) is 0.333. The van der Waals surface area contributed by atoms with E-state index in [-0.39, 0.29) is 11.8 Å². The van der Waals surface area contributed by atoms with Crippen molar-refractivity contribution in [2.75, 3.05) is 0 Å². The lowest BCUT2D eigenvalue weighted by molar-refractivity contribution is 0.125. The molecule has 158 valence electrons. The Balaban J connectivity index is 1.99. The van der Waals surface area contributed by atoms with Crippen molar-refractivity contribution in [1.82, 2.24) is 5.32 Å². The SMILES string of the molecule is CCCC(O)NCc1ccc(Cl)c(C2=NC(c3ccccc3)=NC(O)=C[C@@H]2CC)c1. The second-order valence-corrected chi connectivity index (χ2v) is 7.74. The van der Waals surface area contributed by atoms with E-state index >= 15 is 0 Å². The number of aliphatic imine (C=N–C) groups is 2. The molecule has 30 heavy (non-hydrogen) atoms. The predicted molar refractivity (Wildman–Crippen MR) is 123 cm³/mol. The number of hydrogen-bond donors (Lipinski definition) is 3. The Morgan fingerprint density at radius 1 is 1.10 bits per heavy atom. The zero-order chi connectivity index (χ0) is 21.5. The van der Waals surface area contributed by atoms with E-state index in [9.17, 15) is 10.2 Å². The standard InChI is InChI=1S/C24H28ClN3O2/c1-3-8-21(29)26-15-16-11-12-20(25)19(13-16)23-17(4-2)14-22(30)27-24(28-23)18-9-6-5-7-10-18/h5-7,9-14,17,21,26,29-30H,3-4,8,15H2,1-2H3/t17-,21?/m0/s1. The number of hydrogen-bond acceptors (Lipinski definition) is 5. The summed E-state index contributed by atoms with van der Waals surface area (Å²) in [7, 11) is 0. The molecule has 1 aliphatic heterocycles. The summed E-state index contributed by atoms with van der Waals surface area (Å²) in [6.07, 6.45) is 3.54. The Morgan fingerprint density at radius 2 is 1.87 bits per heavy atom. The summed E-state index contributed by atoms with van der Waals surface area (Å²) in [5.41, 5.74) is 3.40. The summed E-state index contributed by atoms with van der Waals surface area (Å²) >= 11 is 6.57. The fourth-order valence-corrected chi connectivity index (χ4v) is 3.62. The van der Waals surface area contributed by atoms with Crippen LogP contribution in [0.3, 0.4) is 0 Å². The number of halogens is 1. The first-order valence-electron chi connectivity index (χ1n) is 10.4. The van der Waals surface area contributed by atoms with E-state index in [0.717, 1.165) is 35.2 Å². The number of nitrogens with zero attached hydrogens (tertiary/aromatic N) is 2. The van der Waals surface area contributed by atoms with Gasteiger partial charge in [-0.25, -0.2) is 4.99 Å². The van der Waals surface area contributed by atoms with Gasteiger partial charge < -0.3 is 10.2 Å².